The topological polar surface area (TPSA) is 53.9 Å². The fourth-order valence-electron chi connectivity index (χ4n) is 6.56. The van der Waals surface area contributed by atoms with Gasteiger partial charge in [0.05, 0.1) is 12.3 Å². The molecule has 0 saturated carbocycles. The van der Waals surface area contributed by atoms with Crippen LogP contribution in [-0.4, -0.2) is 36.7 Å². The summed E-state index contributed by atoms with van der Waals surface area (Å²) >= 11 is 0. The molecule has 3 aliphatic heterocycles. The number of nitrogens with zero attached hydrogens (tertiary/aromatic N) is 2. The molecule has 1 N–H and O–H groups in total. The Labute approximate surface area is 253 Å². The number of aryl methyl sites for hydroxylation is 1. The van der Waals surface area contributed by atoms with E-state index in [0.29, 0.717) is 24.9 Å². The van der Waals surface area contributed by atoms with E-state index in [4.69, 9.17) is 4.74 Å². The Hall–Kier alpha value is -4.48. The normalized spacial score (nSPS) is 18.3. The molecule has 1 atom stereocenters. The molecule has 5 heteroatoms. The van der Waals surface area contributed by atoms with Gasteiger partial charge in [0.1, 0.15) is 5.75 Å². The molecule has 43 heavy (non-hydrogen) atoms. The number of ether oxygens (including phenoxy) is 1. The van der Waals surface area contributed by atoms with Gasteiger partial charge in [-0.15, -0.1) is 0 Å². The van der Waals surface area contributed by atoms with Crippen LogP contribution in [-0.2, 0) is 11.3 Å². The third-order valence-electron chi connectivity index (χ3n) is 9.07. The van der Waals surface area contributed by atoms with E-state index in [1.807, 2.05) is 24.3 Å². The van der Waals surface area contributed by atoms with Crippen molar-refractivity contribution in [3.63, 3.8) is 0 Å². The van der Waals surface area contributed by atoms with Crippen LogP contribution in [0, 0.1) is 12.8 Å². The molecule has 7 rings (SSSR count). The molecule has 1 saturated heterocycles. The van der Waals surface area contributed by atoms with Gasteiger partial charge in [0.25, 0.3) is 5.91 Å². The number of rotatable bonds is 6. The van der Waals surface area contributed by atoms with E-state index in [1.54, 1.807) is 0 Å². The van der Waals surface area contributed by atoms with Crippen molar-refractivity contribution in [2.24, 2.45) is 10.9 Å². The summed E-state index contributed by atoms with van der Waals surface area (Å²) in [5.41, 5.74) is 9.76. The van der Waals surface area contributed by atoms with Crippen molar-refractivity contribution in [3.8, 4) is 16.9 Å². The Morgan fingerprint density at radius 2 is 1.70 bits per heavy atom. The van der Waals surface area contributed by atoms with Gasteiger partial charge in [-0.05, 0) is 97.4 Å². The first-order chi connectivity index (χ1) is 21.1. The highest BCUT2D eigenvalue weighted by molar-refractivity contribution is 6.07. The van der Waals surface area contributed by atoms with Crippen LogP contribution in [0.25, 0.3) is 17.2 Å². The van der Waals surface area contributed by atoms with Crippen molar-refractivity contribution < 1.29 is 9.53 Å². The predicted molar refractivity (Wildman–Crippen MR) is 175 cm³/mol. The average Bonchev–Trinajstić information content (AvgIpc) is 3.35. The van der Waals surface area contributed by atoms with Crippen LogP contribution in [0.3, 0.4) is 0 Å². The lowest BCUT2D eigenvalue weighted by atomic mass is 9.81. The van der Waals surface area contributed by atoms with Gasteiger partial charge in [-0.3, -0.25) is 14.7 Å². The van der Waals surface area contributed by atoms with Crippen molar-refractivity contribution in [2.45, 2.75) is 38.6 Å². The molecule has 0 aliphatic carbocycles. The molecule has 3 heterocycles. The molecular weight excluding hydrogens is 530 g/mol. The van der Waals surface area contributed by atoms with Crippen LogP contribution in [0.1, 0.15) is 47.4 Å². The Morgan fingerprint density at radius 1 is 0.930 bits per heavy atom. The molecule has 3 aliphatic rings. The zero-order valence-corrected chi connectivity index (χ0v) is 24.6. The highest BCUT2D eigenvalue weighted by atomic mass is 16.5. The Bertz CT molecular complexity index is 1680. The van der Waals surface area contributed by atoms with Crippen molar-refractivity contribution in [1.29, 1.82) is 0 Å². The second-order valence-electron chi connectivity index (χ2n) is 12.0. The lowest BCUT2D eigenvalue weighted by Gasteiger charge is -2.34. The van der Waals surface area contributed by atoms with Crippen LogP contribution in [0.2, 0.25) is 0 Å². The van der Waals surface area contributed by atoms with E-state index in [2.05, 4.69) is 101 Å². The molecule has 0 aromatic heterocycles. The standard InChI is InChI=1S/C38H37N3O2/c1-26-6-10-28(11-7-26)30-12-15-37-32(22-30)23-31(18-21-43-37)38(42)40-33-13-8-27(9-14-33)25-41-19-16-29(17-20-41)35-24-39-36-5-3-2-4-34(35)36/h2-15,22-24,29,35H,16-21,25H2,1H3,(H,40,42). The number of fused-ring (bicyclic) bond motifs is 2. The minimum absolute atomic E-state index is 0.0796. The van der Waals surface area contributed by atoms with Gasteiger partial charge in [0, 0.05) is 41.9 Å². The van der Waals surface area contributed by atoms with E-state index in [9.17, 15) is 4.79 Å². The number of benzene rings is 4. The fraction of sp³-hybridized carbons (Fsp3) is 0.263. The van der Waals surface area contributed by atoms with Crippen LogP contribution < -0.4 is 10.1 Å². The number of amides is 1. The molecule has 216 valence electrons. The lowest BCUT2D eigenvalue weighted by Crippen LogP contribution is -2.35. The van der Waals surface area contributed by atoms with Crippen LogP contribution in [0.5, 0.6) is 5.75 Å². The molecular formula is C38H37N3O2. The van der Waals surface area contributed by atoms with Gasteiger partial charge in [-0.1, -0.05) is 66.2 Å². The van der Waals surface area contributed by atoms with E-state index in [1.165, 1.54) is 29.5 Å². The molecule has 1 amide bonds. The molecule has 4 aromatic rings. The van der Waals surface area contributed by atoms with Gasteiger partial charge in [-0.2, -0.15) is 0 Å². The molecule has 5 nitrogen and oxygen atoms in total. The number of anilines is 1. The summed E-state index contributed by atoms with van der Waals surface area (Å²) in [6, 6.07) is 31.5. The monoisotopic (exact) mass is 567 g/mol. The number of hydrogen-bond donors (Lipinski definition) is 1. The number of likely N-dealkylation sites (tertiary alicyclic amines) is 1. The largest absolute Gasteiger partial charge is 0.493 e. The smallest absolute Gasteiger partial charge is 0.251 e. The highest BCUT2D eigenvalue weighted by Crippen LogP contribution is 2.40. The average molecular weight is 568 g/mol. The molecule has 4 aromatic carbocycles. The van der Waals surface area contributed by atoms with E-state index >= 15 is 0 Å². The first-order valence-electron chi connectivity index (χ1n) is 15.4. The number of carbonyl (C=O) groups is 1. The van der Waals surface area contributed by atoms with Crippen molar-refractivity contribution >= 4 is 29.6 Å². The van der Waals surface area contributed by atoms with E-state index < -0.39 is 0 Å². The minimum Gasteiger partial charge on any atom is -0.493 e. The van der Waals surface area contributed by atoms with Crippen LogP contribution in [0.15, 0.2) is 102 Å². The summed E-state index contributed by atoms with van der Waals surface area (Å²) in [6.07, 6.45) is 7.08. The van der Waals surface area contributed by atoms with Gasteiger partial charge in [0.2, 0.25) is 0 Å². The highest BCUT2D eigenvalue weighted by Gasteiger charge is 2.30. The van der Waals surface area contributed by atoms with E-state index in [-0.39, 0.29) is 5.91 Å². The maximum Gasteiger partial charge on any atom is 0.251 e. The third-order valence-corrected chi connectivity index (χ3v) is 9.07. The summed E-state index contributed by atoms with van der Waals surface area (Å²) < 4.78 is 5.98. The van der Waals surface area contributed by atoms with Gasteiger partial charge in [-0.25, -0.2) is 0 Å². The number of para-hydroxylation sites is 1. The number of carbonyl (C=O) groups excluding carboxylic acids is 1. The van der Waals surface area contributed by atoms with Gasteiger partial charge >= 0.3 is 0 Å². The maximum atomic E-state index is 13.3. The molecule has 1 unspecified atom stereocenters. The maximum absolute atomic E-state index is 13.3. The molecule has 0 spiro atoms. The van der Waals surface area contributed by atoms with Gasteiger partial charge in [0.15, 0.2) is 0 Å². The zero-order valence-electron chi connectivity index (χ0n) is 24.6. The predicted octanol–water partition coefficient (Wildman–Crippen LogP) is 8.18. The Balaban J connectivity index is 0.957. The Kier molecular flexibility index (Phi) is 7.65. The summed E-state index contributed by atoms with van der Waals surface area (Å²) in [6.45, 7) is 5.69. The zero-order chi connectivity index (χ0) is 29.2. The first kappa shape index (κ1) is 27.4. The lowest BCUT2D eigenvalue weighted by molar-refractivity contribution is -0.113. The number of aliphatic imine (C=N–C) groups is 1. The molecule has 1 fully saturated rings. The summed E-state index contributed by atoms with van der Waals surface area (Å²) in [7, 11) is 0. The summed E-state index contributed by atoms with van der Waals surface area (Å²) in [5, 5.41) is 3.11. The van der Waals surface area contributed by atoms with Crippen molar-refractivity contribution in [2.75, 3.05) is 25.0 Å². The Morgan fingerprint density at radius 3 is 2.51 bits per heavy atom. The van der Waals surface area contributed by atoms with Gasteiger partial charge < -0.3 is 10.1 Å². The number of piperidine rings is 1. The first-order valence-corrected chi connectivity index (χ1v) is 15.4. The van der Waals surface area contributed by atoms with Crippen molar-refractivity contribution in [1.82, 2.24) is 4.90 Å². The number of hydrogen-bond acceptors (Lipinski definition) is 4. The SMILES string of the molecule is Cc1ccc(-c2ccc3c(c2)C=C(C(=O)Nc2ccc(CN4CCC(C5C=Nc6ccccc65)CC4)cc2)CCO3)cc1. The fourth-order valence-corrected chi connectivity index (χ4v) is 6.56. The second-order valence-corrected chi connectivity index (χ2v) is 12.0. The summed E-state index contributed by atoms with van der Waals surface area (Å²) in [4.78, 5) is 20.5. The third kappa shape index (κ3) is 6.04. The van der Waals surface area contributed by atoms with Crippen LogP contribution >= 0.6 is 0 Å². The molecule has 0 bridgehead atoms. The van der Waals surface area contributed by atoms with Crippen molar-refractivity contribution in [3.05, 3.63) is 119 Å². The number of nitrogens with one attached hydrogen (secondary N) is 1. The van der Waals surface area contributed by atoms with E-state index in [0.717, 1.165) is 59.0 Å². The minimum atomic E-state index is -0.0796. The second kappa shape index (κ2) is 12.0. The quantitative estimate of drug-likeness (QED) is 0.256. The van der Waals surface area contributed by atoms with Crippen LogP contribution in [0.4, 0.5) is 11.4 Å². The molecule has 0 radical (unpaired) electrons. The summed E-state index contributed by atoms with van der Waals surface area (Å²) in [5.74, 6) is 1.85.